The molecule has 6 nitrogen and oxygen atoms in total. The summed E-state index contributed by atoms with van der Waals surface area (Å²) < 4.78 is 24.1. The number of fused-ring (bicyclic) bond motifs is 1. The number of thiophene rings is 1. The van der Waals surface area contributed by atoms with Crippen LogP contribution in [-0.4, -0.2) is 38.0 Å². The van der Waals surface area contributed by atoms with Crippen LogP contribution in [0.2, 0.25) is 0 Å². The number of benzene rings is 2. The summed E-state index contributed by atoms with van der Waals surface area (Å²) in [5.41, 5.74) is 1.41. The smallest absolute Gasteiger partial charge is 0.254 e. The molecule has 1 aliphatic rings. The van der Waals surface area contributed by atoms with Gasteiger partial charge in [0.15, 0.2) is 11.5 Å². The Bertz CT molecular complexity index is 1120. The van der Waals surface area contributed by atoms with Crippen molar-refractivity contribution in [2.45, 2.75) is 12.0 Å². The molecule has 2 atom stereocenters. The number of carbonyl (C=O) groups is 2. The number of anilines is 1. The Morgan fingerprint density at radius 3 is 2.39 bits per heavy atom. The molecule has 1 aromatic heterocycles. The number of rotatable bonds is 5. The fourth-order valence-corrected chi connectivity index (χ4v) is 4.80. The van der Waals surface area contributed by atoms with E-state index in [0.29, 0.717) is 28.3 Å². The van der Waals surface area contributed by atoms with Crippen molar-refractivity contribution in [3.05, 3.63) is 75.7 Å². The van der Waals surface area contributed by atoms with Gasteiger partial charge in [0.1, 0.15) is 5.82 Å². The third-order valence-electron chi connectivity index (χ3n) is 5.40. The number of nitrogens with zero attached hydrogens (tertiary/aromatic N) is 1. The first-order valence-electron chi connectivity index (χ1n) is 9.57. The van der Waals surface area contributed by atoms with E-state index >= 15 is 0 Å². The monoisotopic (exact) mass is 440 g/mol. The van der Waals surface area contributed by atoms with Crippen LogP contribution < -0.4 is 14.8 Å². The zero-order valence-electron chi connectivity index (χ0n) is 17.2. The quantitative estimate of drug-likeness (QED) is 0.636. The Kier molecular flexibility index (Phi) is 5.65. The van der Waals surface area contributed by atoms with Crippen molar-refractivity contribution in [1.29, 1.82) is 0 Å². The van der Waals surface area contributed by atoms with Crippen LogP contribution in [0.15, 0.2) is 53.9 Å². The Hall–Kier alpha value is -3.39. The Balaban J connectivity index is 1.85. The largest absolute Gasteiger partial charge is 0.493 e. The van der Waals surface area contributed by atoms with Crippen LogP contribution in [0.1, 0.15) is 32.8 Å². The summed E-state index contributed by atoms with van der Waals surface area (Å²) in [6.45, 7) is 0. The molecule has 0 spiro atoms. The minimum Gasteiger partial charge on any atom is -0.493 e. The normalized spacial score (nSPS) is 17.8. The molecular weight excluding hydrogens is 419 g/mol. The highest BCUT2D eigenvalue weighted by atomic mass is 32.1. The molecule has 2 aromatic carbocycles. The molecule has 160 valence electrons. The van der Waals surface area contributed by atoms with Gasteiger partial charge in [-0.2, -0.15) is 0 Å². The lowest BCUT2D eigenvalue weighted by atomic mass is 9.81. The average molecular weight is 440 g/mol. The van der Waals surface area contributed by atoms with Gasteiger partial charge in [0.2, 0.25) is 5.91 Å². The van der Waals surface area contributed by atoms with Crippen molar-refractivity contribution in [2.24, 2.45) is 0 Å². The topological polar surface area (TPSA) is 67.9 Å². The van der Waals surface area contributed by atoms with Crippen molar-refractivity contribution in [1.82, 2.24) is 4.90 Å². The highest BCUT2D eigenvalue weighted by molar-refractivity contribution is 7.10. The van der Waals surface area contributed by atoms with Gasteiger partial charge in [-0.1, -0.05) is 6.07 Å². The number of nitrogens with one attached hydrogen (secondary N) is 1. The first kappa shape index (κ1) is 20.9. The molecule has 8 heteroatoms. The summed E-state index contributed by atoms with van der Waals surface area (Å²) in [5, 5.41) is 4.77. The second kappa shape index (κ2) is 8.39. The van der Waals surface area contributed by atoms with Crippen LogP contribution >= 0.6 is 11.3 Å². The molecule has 0 saturated carbocycles. The zero-order valence-corrected chi connectivity index (χ0v) is 18.0. The van der Waals surface area contributed by atoms with Crippen LogP contribution in [0, 0.1) is 5.82 Å². The standard InChI is InChI=1S/C23H21FN2O4S/c1-26-21(19-5-4-10-31-19)20(22(27)25-14-8-6-13(24)7-9-14)15-11-17(29-2)18(30-3)12-16(15)23(26)28/h4-12,20-21H,1-3H3,(H,25,27)/t20-,21-/m1/s1. The summed E-state index contributed by atoms with van der Waals surface area (Å²) in [4.78, 5) is 29.2. The van der Waals surface area contributed by atoms with Crippen molar-refractivity contribution < 1.29 is 23.5 Å². The van der Waals surface area contributed by atoms with Gasteiger partial charge in [0.25, 0.3) is 5.91 Å². The molecule has 0 saturated heterocycles. The molecular formula is C23H21FN2O4S. The fourth-order valence-electron chi connectivity index (χ4n) is 3.90. The molecule has 2 heterocycles. The van der Waals surface area contributed by atoms with Gasteiger partial charge >= 0.3 is 0 Å². The zero-order chi connectivity index (χ0) is 22.1. The SMILES string of the molecule is COc1cc2c(cc1OC)[C@@H](C(=O)Nc1ccc(F)cc1)[C@@H](c1cccs1)N(C)C2=O. The summed E-state index contributed by atoms with van der Waals surface area (Å²) in [6, 6.07) is 12.2. The van der Waals surface area contributed by atoms with E-state index in [0.717, 1.165) is 4.88 Å². The molecule has 0 bridgehead atoms. The molecule has 31 heavy (non-hydrogen) atoms. The van der Waals surface area contributed by atoms with Gasteiger partial charge in [0, 0.05) is 23.2 Å². The van der Waals surface area contributed by atoms with Crippen LogP contribution in [-0.2, 0) is 4.79 Å². The summed E-state index contributed by atoms with van der Waals surface area (Å²) >= 11 is 1.48. The number of hydrogen-bond acceptors (Lipinski definition) is 5. The summed E-state index contributed by atoms with van der Waals surface area (Å²) in [6.07, 6.45) is 0. The van der Waals surface area contributed by atoms with E-state index in [9.17, 15) is 14.0 Å². The lowest BCUT2D eigenvalue weighted by molar-refractivity contribution is -0.119. The molecule has 0 aliphatic carbocycles. The van der Waals surface area contributed by atoms with Gasteiger partial charge in [-0.05, 0) is 53.4 Å². The molecule has 0 fully saturated rings. The lowest BCUT2D eigenvalue weighted by Crippen LogP contribution is -2.43. The van der Waals surface area contributed by atoms with Gasteiger partial charge < -0.3 is 19.7 Å². The number of likely N-dealkylation sites (N-methyl/N-ethyl adjacent to an activating group) is 1. The van der Waals surface area contributed by atoms with E-state index < -0.39 is 12.0 Å². The summed E-state index contributed by atoms with van der Waals surface area (Å²) in [5.74, 6) is -0.766. The van der Waals surface area contributed by atoms with Crippen molar-refractivity contribution in [2.75, 3.05) is 26.6 Å². The molecule has 0 unspecified atom stereocenters. The third-order valence-corrected chi connectivity index (χ3v) is 6.35. The number of amides is 2. The van der Waals surface area contributed by atoms with Gasteiger partial charge in [-0.3, -0.25) is 9.59 Å². The summed E-state index contributed by atoms with van der Waals surface area (Å²) in [7, 11) is 4.68. The van der Waals surface area contributed by atoms with Crippen molar-refractivity contribution >= 4 is 28.8 Å². The number of ether oxygens (including phenoxy) is 2. The first-order valence-corrected chi connectivity index (χ1v) is 10.5. The predicted molar refractivity (Wildman–Crippen MR) is 116 cm³/mol. The molecule has 1 N–H and O–H groups in total. The minimum atomic E-state index is -0.707. The Labute approximate surface area is 183 Å². The van der Waals surface area contributed by atoms with Crippen molar-refractivity contribution in [3.63, 3.8) is 0 Å². The van der Waals surface area contributed by atoms with E-state index in [1.54, 1.807) is 24.1 Å². The highest BCUT2D eigenvalue weighted by Gasteiger charge is 2.44. The van der Waals surface area contributed by atoms with E-state index in [4.69, 9.17) is 9.47 Å². The molecule has 2 amide bonds. The number of methoxy groups -OCH3 is 2. The maximum Gasteiger partial charge on any atom is 0.254 e. The van der Waals surface area contributed by atoms with E-state index in [1.807, 2.05) is 17.5 Å². The Morgan fingerprint density at radius 2 is 1.77 bits per heavy atom. The van der Waals surface area contributed by atoms with E-state index in [1.165, 1.54) is 49.8 Å². The minimum absolute atomic E-state index is 0.208. The second-order valence-corrected chi connectivity index (χ2v) is 8.12. The second-order valence-electron chi connectivity index (χ2n) is 7.14. The average Bonchev–Trinajstić information content (AvgIpc) is 3.31. The van der Waals surface area contributed by atoms with Crippen LogP contribution in [0.3, 0.4) is 0 Å². The molecule has 0 radical (unpaired) electrons. The maximum atomic E-state index is 13.5. The third kappa shape index (κ3) is 3.74. The number of hydrogen-bond donors (Lipinski definition) is 1. The molecule has 4 rings (SSSR count). The van der Waals surface area contributed by atoms with Crippen LogP contribution in [0.5, 0.6) is 11.5 Å². The highest BCUT2D eigenvalue weighted by Crippen LogP contribution is 2.46. The van der Waals surface area contributed by atoms with E-state index in [-0.39, 0.29) is 17.6 Å². The number of carbonyl (C=O) groups excluding carboxylic acids is 2. The predicted octanol–water partition coefficient (Wildman–Crippen LogP) is 4.45. The van der Waals surface area contributed by atoms with Gasteiger partial charge in [-0.25, -0.2) is 4.39 Å². The fraction of sp³-hybridized carbons (Fsp3) is 0.217. The van der Waals surface area contributed by atoms with E-state index in [2.05, 4.69) is 5.32 Å². The Morgan fingerprint density at radius 1 is 1.10 bits per heavy atom. The molecule has 1 aliphatic heterocycles. The lowest BCUT2D eigenvalue weighted by Gasteiger charge is -2.39. The number of halogens is 1. The maximum absolute atomic E-state index is 13.5. The van der Waals surface area contributed by atoms with Crippen LogP contribution in [0.25, 0.3) is 0 Å². The van der Waals surface area contributed by atoms with Gasteiger partial charge in [0.05, 0.1) is 26.2 Å². The van der Waals surface area contributed by atoms with Crippen molar-refractivity contribution in [3.8, 4) is 11.5 Å². The molecule has 3 aromatic rings. The first-order chi connectivity index (χ1) is 14.9. The van der Waals surface area contributed by atoms with Gasteiger partial charge in [-0.15, -0.1) is 11.3 Å². The van der Waals surface area contributed by atoms with Crippen LogP contribution in [0.4, 0.5) is 10.1 Å².